The van der Waals surface area contributed by atoms with E-state index in [1.807, 2.05) is 0 Å². The van der Waals surface area contributed by atoms with Gasteiger partial charge in [0.05, 0.1) is 17.4 Å². The molecule has 6 rings (SSSR count). The first-order chi connectivity index (χ1) is 16.2. The Labute approximate surface area is 206 Å². The van der Waals surface area contributed by atoms with Crippen LogP contribution in [0.25, 0.3) is 0 Å². The number of rotatable bonds is 2. The van der Waals surface area contributed by atoms with E-state index in [1.54, 1.807) is 13.8 Å². The average molecular weight is 513 g/mol. The van der Waals surface area contributed by atoms with Gasteiger partial charge in [0.25, 0.3) is 0 Å². The second kappa shape index (κ2) is 6.58. The standard InChI is InChI=1S/C24H29ClO10/c1-7-12(25)17-22(29,9(3)20(28)34-17)24(35-11(5)27)16-8(2)13(31-10(4)26)15-18(33-15)21(16,6)23(24,30)19-14(7)32-19/h8-9,12-19,29-30H,1H2,2-6H3/t8-,9-,12-,13+,14+,15-,16-,17-,18-,19+,21+,22-,23+,24+/m0/s1. The molecule has 35 heavy (non-hydrogen) atoms. The van der Waals surface area contributed by atoms with Crippen molar-refractivity contribution >= 4 is 29.5 Å². The van der Waals surface area contributed by atoms with Crippen molar-refractivity contribution in [2.75, 3.05) is 0 Å². The molecule has 10 nitrogen and oxygen atoms in total. The van der Waals surface area contributed by atoms with E-state index in [9.17, 15) is 24.6 Å². The summed E-state index contributed by atoms with van der Waals surface area (Å²) in [5.74, 6) is -4.60. The number of halogens is 1. The van der Waals surface area contributed by atoms with Crippen LogP contribution in [0.1, 0.15) is 34.6 Å². The van der Waals surface area contributed by atoms with Crippen molar-refractivity contribution < 1.29 is 48.3 Å². The molecule has 2 N–H and O–H groups in total. The number of alkyl halides is 1. The van der Waals surface area contributed by atoms with Crippen molar-refractivity contribution in [1.29, 1.82) is 0 Å². The Kier molecular flexibility index (Phi) is 4.45. The van der Waals surface area contributed by atoms with E-state index in [2.05, 4.69) is 6.58 Å². The van der Waals surface area contributed by atoms with Gasteiger partial charge in [-0.3, -0.25) is 14.4 Å². The molecule has 0 unspecified atom stereocenters. The highest BCUT2D eigenvalue weighted by Crippen LogP contribution is 2.80. The largest absolute Gasteiger partial charge is 0.459 e. The van der Waals surface area contributed by atoms with Gasteiger partial charge in [-0.05, 0) is 12.5 Å². The average Bonchev–Trinajstić information content (AvgIpc) is 3.68. The van der Waals surface area contributed by atoms with Crippen molar-refractivity contribution in [3.8, 4) is 0 Å². The highest BCUT2D eigenvalue weighted by atomic mass is 35.5. The number of carbonyl (C=O) groups is 3. The summed E-state index contributed by atoms with van der Waals surface area (Å²) >= 11 is 6.72. The predicted octanol–water partition coefficient (Wildman–Crippen LogP) is 0.242. The fourth-order valence-corrected chi connectivity index (χ4v) is 8.75. The maximum Gasteiger partial charge on any atom is 0.312 e. The lowest BCUT2D eigenvalue weighted by Crippen LogP contribution is -2.96. The van der Waals surface area contributed by atoms with E-state index >= 15 is 0 Å². The zero-order valence-corrected chi connectivity index (χ0v) is 20.8. The van der Waals surface area contributed by atoms with E-state index in [4.69, 9.17) is 35.3 Å². The van der Waals surface area contributed by atoms with E-state index in [0.717, 1.165) is 0 Å². The summed E-state index contributed by atoms with van der Waals surface area (Å²) in [5.41, 5.74) is -7.07. The van der Waals surface area contributed by atoms with Gasteiger partial charge in [-0.15, -0.1) is 11.6 Å². The molecular formula is C24H29ClO10. The fraction of sp³-hybridized carbons (Fsp3) is 0.792. The molecule has 0 aromatic rings. The third kappa shape index (κ3) is 2.27. The minimum atomic E-state index is -2.25. The van der Waals surface area contributed by atoms with Gasteiger partial charge in [0, 0.05) is 31.1 Å². The number of ether oxygens (including phenoxy) is 5. The maximum absolute atomic E-state index is 12.9. The molecule has 0 radical (unpaired) electrons. The Balaban J connectivity index is 1.63. The number of aliphatic hydroxyl groups is 2. The first kappa shape index (κ1) is 23.7. The maximum atomic E-state index is 12.9. The second-order valence-electron chi connectivity index (χ2n) is 11.2. The quantitative estimate of drug-likeness (QED) is 0.173. The normalized spacial score (nSPS) is 59.1. The fourth-order valence-electron chi connectivity index (χ4n) is 8.38. The van der Waals surface area contributed by atoms with E-state index in [0.29, 0.717) is 5.57 Å². The molecule has 0 bridgehead atoms. The van der Waals surface area contributed by atoms with Crippen LogP contribution in [0.4, 0.5) is 0 Å². The van der Waals surface area contributed by atoms with Crippen LogP contribution in [0.2, 0.25) is 0 Å². The first-order valence-corrected chi connectivity index (χ1v) is 12.3. The number of hydrogen-bond donors (Lipinski definition) is 2. The molecule has 3 heterocycles. The lowest BCUT2D eigenvalue weighted by molar-refractivity contribution is -0.428. The minimum absolute atomic E-state index is 0.355. The highest BCUT2D eigenvalue weighted by molar-refractivity contribution is 6.23. The van der Waals surface area contributed by atoms with Crippen molar-refractivity contribution in [1.82, 2.24) is 0 Å². The molecule has 3 saturated heterocycles. The summed E-state index contributed by atoms with van der Waals surface area (Å²) in [5, 5.41) is 24.2. The van der Waals surface area contributed by atoms with Crippen LogP contribution in [0.5, 0.6) is 0 Å². The second-order valence-corrected chi connectivity index (χ2v) is 11.6. The summed E-state index contributed by atoms with van der Waals surface area (Å²) < 4.78 is 29.1. The van der Waals surface area contributed by atoms with Gasteiger partial charge >= 0.3 is 17.9 Å². The van der Waals surface area contributed by atoms with Crippen LogP contribution in [0.3, 0.4) is 0 Å². The van der Waals surface area contributed by atoms with Gasteiger partial charge in [0.2, 0.25) is 0 Å². The van der Waals surface area contributed by atoms with Gasteiger partial charge in [-0.1, -0.05) is 20.4 Å². The summed E-state index contributed by atoms with van der Waals surface area (Å²) in [7, 11) is 0. The van der Waals surface area contributed by atoms with Gasteiger partial charge in [-0.25, -0.2) is 0 Å². The Morgan fingerprint density at radius 3 is 2.34 bits per heavy atom. The van der Waals surface area contributed by atoms with Crippen LogP contribution < -0.4 is 0 Å². The minimum Gasteiger partial charge on any atom is -0.459 e. The van der Waals surface area contributed by atoms with Crippen molar-refractivity contribution in [2.24, 2.45) is 23.2 Å². The molecule has 0 spiro atoms. The molecule has 3 saturated carbocycles. The zero-order valence-electron chi connectivity index (χ0n) is 20.0. The highest BCUT2D eigenvalue weighted by Gasteiger charge is 2.99. The molecule has 0 aromatic heterocycles. The third-order valence-electron chi connectivity index (χ3n) is 9.74. The molecule has 6 aliphatic rings. The SMILES string of the molecule is C=C1[C@H]2O[C@H]2[C@@]2(O)[C@@]3(C)[C@H]4O[C@H]4[C@H](OC(C)=O)[C@H](C)[C@@H]3[C@@]2(OC(C)=O)[C@]2(O)[C@@H](C)C(=O)O[C@H]2[C@H]1Cl. The van der Waals surface area contributed by atoms with Crippen LogP contribution >= 0.6 is 11.6 Å². The molecule has 11 heteroatoms. The lowest BCUT2D eigenvalue weighted by atomic mass is 9.30. The third-order valence-corrected chi connectivity index (χ3v) is 10.2. The summed E-state index contributed by atoms with van der Waals surface area (Å²) in [4.78, 5) is 37.5. The molecule has 14 atom stereocenters. The van der Waals surface area contributed by atoms with E-state index in [-0.39, 0.29) is 0 Å². The number of fused-ring (bicyclic) bond motifs is 10. The number of epoxide rings is 2. The topological polar surface area (TPSA) is 144 Å². The van der Waals surface area contributed by atoms with E-state index in [1.165, 1.54) is 20.8 Å². The summed E-state index contributed by atoms with van der Waals surface area (Å²) in [6.45, 7) is 11.5. The Morgan fingerprint density at radius 1 is 1.09 bits per heavy atom. The molecule has 0 aromatic carbocycles. The number of hydrogen-bond acceptors (Lipinski definition) is 10. The van der Waals surface area contributed by atoms with Gasteiger partial charge in [-0.2, -0.15) is 0 Å². The van der Waals surface area contributed by atoms with Crippen LogP contribution in [0, 0.1) is 23.2 Å². The van der Waals surface area contributed by atoms with Crippen LogP contribution in [-0.2, 0) is 38.1 Å². The Morgan fingerprint density at radius 2 is 1.74 bits per heavy atom. The van der Waals surface area contributed by atoms with Crippen molar-refractivity contribution in [2.45, 2.75) is 93.4 Å². The molecule has 192 valence electrons. The predicted molar refractivity (Wildman–Crippen MR) is 116 cm³/mol. The summed E-state index contributed by atoms with van der Waals surface area (Å²) in [6.07, 6.45) is -4.77. The molecule has 3 aliphatic heterocycles. The molecule has 6 fully saturated rings. The monoisotopic (exact) mass is 512 g/mol. The van der Waals surface area contributed by atoms with Crippen LogP contribution in [0.15, 0.2) is 12.2 Å². The molecule has 0 amide bonds. The summed E-state index contributed by atoms with van der Waals surface area (Å²) in [6, 6.07) is 0. The Hall–Kier alpha value is -1.72. The number of esters is 3. The Bertz CT molecular complexity index is 1080. The van der Waals surface area contributed by atoms with E-state index < -0.39 is 99.9 Å². The van der Waals surface area contributed by atoms with Crippen molar-refractivity contribution in [3.63, 3.8) is 0 Å². The van der Waals surface area contributed by atoms with Gasteiger partial charge < -0.3 is 33.9 Å². The molecular weight excluding hydrogens is 484 g/mol. The zero-order chi connectivity index (χ0) is 25.6. The van der Waals surface area contributed by atoms with Crippen LogP contribution in [-0.4, -0.2) is 86.9 Å². The smallest absolute Gasteiger partial charge is 0.312 e. The van der Waals surface area contributed by atoms with Gasteiger partial charge in [0.1, 0.15) is 30.0 Å². The van der Waals surface area contributed by atoms with Gasteiger partial charge in [0.15, 0.2) is 17.3 Å². The van der Waals surface area contributed by atoms with Crippen molar-refractivity contribution in [3.05, 3.63) is 12.2 Å². The lowest BCUT2D eigenvalue weighted by Gasteiger charge is -2.76. The number of carbonyl (C=O) groups excluding carboxylic acids is 3. The first-order valence-electron chi connectivity index (χ1n) is 11.9. The molecule has 3 aliphatic carbocycles.